The molecule has 3 saturated heterocycles. The summed E-state index contributed by atoms with van der Waals surface area (Å²) in [6.45, 7) is 4.44. The Hall–Kier alpha value is -1.57. The van der Waals surface area contributed by atoms with E-state index in [0.717, 1.165) is 58.6 Å². The quantitative estimate of drug-likeness (QED) is 0.872. The molecule has 0 saturated carbocycles. The van der Waals surface area contributed by atoms with Crippen molar-refractivity contribution in [2.75, 3.05) is 32.9 Å². The van der Waals surface area contributed by atoms with Crippen LogP contribution in [0.15, 0.2) is 18.6 Å². The van der Waals surface area contributed by atoms with Crippen molar-refractivity contribution < 1.29 is 14.3 Å². The molecule has 136 valence electrons. The monoisotopic (exact) mass is 346 g/mol. The van der Waals surface area contributed by atoms with E-state index in [-0.39, 0.29) is 18.1 Å². The fourth-order valence-corrected chi connectivity index (χ4v) is 4.31. The van der Waals surface area contributed by atoms with Crippen molar-refractivity contribution in [3.05, 3.63) is 24.3 Å². The smallest absolute Gasteiger partial charge is 0.271 e. The molecule has 3 aliphatic rings. The van der Waals surface area contributed by atoms with E-state index in [9.17, 15) is 4.79 Å². The van der Waals surface area contributed by atoms with Crippen LogP contribution in [0, 0.1) is 5.92 Å². The van der Waals surface area contributed by atoms with E-state index in [1.165, 1.54) is 6.20 Å². The second-order valence-electron chi connectivity index (χ2n) is 7.23. The Balaban J connectivity index is 1.42. The number of hydrogen-bond donors (Lipinski definition) is 1. The Labute approximate surface area is 148 Å². The molecular formula is C18H26N4O3. The van der Waals surface area contributed by atoms with Crippen LogP contribution in [0.1, 0.15) is 36.2 Å². The number of ether oxygens (including phenoxy) is 2. The highest BCUT2D eigenvalue weighted by Gasteiger charge is 2.45. The molecule has 0 bridgehead atoms. The molecule has 0 unspecified atom stereocenters. The highest BCUT2D eigenvalue weighted by molar-refractivity contribution is 5.92. The number of carbonyl (C=O) groups is 1. The van der Waals surface area contributed by atoms with E-state index in [2.05, 4.69) is 20.2 Å². The van der Waals surface area contributed by atoms with Gasteiger partial charge in [0.05, 0.1) is 18.3 Å². The van der Waals surface area contributed by atoms with E-state index in [4.69, 9.17) is 9.47 Å². The molecular weight excluding hydrogens is 320 g/mol. The lowest BCUT2D eigenvalue weighted by atomic mass is 9.97. The molecule has 1 aromatic rings. The average molecular weight is 346 g/mol. The molecule has 7 heteroatoms. The van der Waals surface area contributed by atoms with Gasteiger partial charge in [0.2, 0.25) is 0 Å². The maximum Gasteiger partial charge on any atom is 0.271 e. The molecule has 7 nitrogen and oxygen atoms in total. The topological polar surface area (TPSA) is 76.6 Å². The molecule has 3 aliphatic heterocycles. The van der Waals surface area contributed by atoms with Crippen molar-refractivity contribution in [2.24, 2.45) is 5.92 Å². The largest absolute Gasteiger partial charge is 0.381 e. The molecule has 0 aromatic carbocycles. The van der Waals surface area contributed by atoms with Gasteiger partial charge in [-0.1, -0.05) is 0 Å². The van der Waals surface area contributed by atoms with Crippen LogP contribution in [0.4, 0.5) is 0 Å². The molecule has 1 aromatic heterocycles. The van der Waals surface area contributed by atoms with Gasteiger partial charge in [0.1, 0.15) is 5.69 Å². The zero-order chi connectivity index (χ0) is 17.1. The van der Waals surface area contributed by atoms with Crippen LogP contribution in [-0.2, 0) is 9.47 Å². The first-order chi connectivity index (χ1) is 12.3. The lowest BCUT2D eigenvalue weighted by Gasteiger charge is -2.34. The molecule has 4 rings (SSSR count). The molecule has 1 amide bonds. The first kappa shape index (κ1) is 16.9. The van der Waals surface area contributed by atoms with E-state index < -0.39 is 0 Å². The Morgan fingerprint density at radius 1 is 1.24 bits per heavy atom. The normalized spacial score (nSPS) is 30.8. The fourth-order valence-electron chi connectivity index (χ4n) is 4.31. The van der Waals surface area contributed by atoms with Crippen molar-refractivity contribution in [1.82, 2.24) is 20.2 Å². The number of aromatic nitrogens is 2. The van der Waals surface area contributed by atoms with Crippen LogP contribution in [0.25, 0.3) is 0 Å². The summed E-state index contributed by atoms with van der Waals surface area (Å²) >= 11 is 0. The number of hydrogen-bond acceptors (Lipinski definition) is 6. The number of nitrogens with one attached hydrogen (secondary N) is 1. The predicted molar refractivity (Wildman–Crippen MR) is 91.2 cm³/mol. The molecule has 3 atom stereocenters. The summed E-state index contributed by atoms with van der Waals surface area (Å²) in [4.78, 5) is 23.1. The molecule has 0 aliphatic carbocycles. The summed E-state index contributed by atoms with van der Waals surface area (Å²) in [5.41, 5.74) is 0.359. The summed E-state index contributed by atoms with van der Waals surface area (Å²) in [6.07, 6.45) is 9.19. The molecule has 1 N–H and O–H groups in total. The second kappa shape index (κ2) is 7.76. The first-order valence-electron chi connectivity index (χ1n) is 9.31. The predicted octanol–water partition coefficient (Wildman–Crippen LogP) is 0.865. The van der Waals surface area contributed by atoms with Crippen molar-refractivity contribution in [3.63, 3.8) is 0 Å². The molecule has 3 fully saturated rings. The van der Waals surface area contributed by atoms with E-state index in [1.54, 1.807) is 12.4 Å². The fraction of sp³-hybridized carbons (Fsp3) is 0.722. The number of carbonyl (C=O) groups excluding carboxylic acids is 1. The highest BCUT2D eigenvalue weighted by atomic mass is 16.5. The zero-order valence-electron chi connectivity index (χ0n) is 14.5. The zero-order valence-corrected chi connectivity index (χ0v) is 14.5. The van der Waals surface area contributed by atoms with Gasteiger partial charge in [-0.05, 0) is 31.6 Å². The van der Waals surface area contributed by atoms with Gasteiger partial charge < -0.3 is 14.8 Å². The Kier molecular flexibility index (Phi) is 5.24. The minimum absolute atomic E-state index is 0.0136. The standard InChI is InChI=1S/C18H26N4O3/c23-18(14-10-19-5-6-20-14)21-15-12-22(11-13-3-8-24-9-4-13)16-2-1-7-25-17(15)16/h5-6,10,13,15-17H,1-4,7-9,11-12H2,(H,21,23)/t15-,16+,17+/m0/s1. The third-order valence-electron chi connectivity index (χ3n) is 5.58. The van der Waals surface area contributed by atoms with Gasteiger partial charge in [-0.25, -0.2) is 4.98 Å². The summed E-state index contributed by atoms with van der Waals surface area (Å²) in [5.74, 6) is 0.518. The van der Waals surface area contributed by atoms with Crippen LogP contribution in [0.3, 0.4) is 0 Å². The van der Waals surface area contributed by atoms with Gasteiger partial charge >= 0.3 is 0 Å². The summed E-state index contributed by atoms with van der Waals surface area (Å²) in [6, 6.07) is 0.420. The number of likely N-dealkylation sites (tertiary alicyclic amines) is 1. The number of amides is 1. The van der Waals surface area contributed by atoms with Gasteiger partial charge in [-0.3, -0.25) is 14.7 Å². The molecule has 0 spiro atoms. The third-order valence-corrected chi connectivity index (χ3v) is 5.58. The first-order valence-corrected chi connectivity index (χ1v) is 9.31. The number of nitrogens with zero attached hydrogens (tertiary/aromatic N) is 3. The summed E-state index contributed by atoms with van der Waals surface area (Å²) in [5, 5.41) is 3.13. The average Bonchev–Trinajstić information content (AvgIpc) is 3.01. The Morgan fingerprint density at radius 3 is 2.92 bits per heavy atom. The van der Waals surface area contributed by atoms with E-state index >= 15 is 0 Å². The summed E-state index contributed by atoms with van der Waals surface area (Å²) < 4.78 is 11.5. The lowest BCUT2D eigenvalue weighted by Crippen LogP contribution is -2.47. The molecule has 4 heterocycles. The van der Waals surface area contributed by atoms with Crippen molar-refractivity contribution in [1.29, 1.82) is 0 Å². The van der Waals surface area contributed by atoms with Crippen molar-refractivity contribution >= 4 is 5.91 Å². The van der Waals surface area contributed by atoms with Gasteiger partial charge in [0.15, 0.2) is 0 Å². The van der Waals surface area contributed by atoms with Gasteiger partial charge in [0.25, 0.3) is 5.91 Å². The van der Waals surface area contributed by atoms with Gasteiger partial charge in [-0.2, -0.15) is 0 Å². The van der Waals surface area contributed by atoms with Crippen molar-refractivity contribution in [2.45, 2.75) is 43.9 Å². The highest BCUT2D eigenvalue weighted by Crippen LogP contribution is 2.31. The van der Waals surface area contributed by atoms with Crippen LogP contribution >= 0.6 is 0 Å². The molecule has 25 heavy (non-hydrogen) atoms. The summed E-state index contributed by atoms with van der Waals surface area (Å²) in [7, 11) is 0. The van der Waals surface area contributed by atoms with Gasteiger partial charge in [0, 0.05) is 51.3 Å². The van der Waals surface area contributed by atoms with Crippen LogP contribution in [0.2, 0.25) is 0 Å². The van der Waals surface area contributed by atoms with Crippen LogP contribution in [0.5, 0.6) is 0 Å². The van der Waals surface area contributed by atoms with Gasteiger partial charge in [-0.15, -0.1) is 0 Å². The Bertz CT molecular complexity index is 579. The van der Waals surface area contributed by atoms with E-state index in [0.29, 0.717) is 17.7 Å². The van der Waals surface area contributed by atoms with Crippen molar-refractivity contribution in [3.8, 4) is 0 Å². The SMILES string of the molecule is O=C(N[C@H]1CN(CC2CCOCC2)[C@@H]2CCCO[C@H]12)c1cnccn1. The maximum atomic E-state index is 12.5. The maximum absolute atomic E-state index is 12.5. The molecule has 0 radical (unpaired) electrons. The Morgan fingerprint density at radius 2 is 2.12 bits per heavy atom. The third kappa shape index (κ3) is 3.83. The van der Waals surface area contributed by atoms with E-state index in [1.807, 2.05) is 0 Å². The number of fused-ring (bicyclic) bond motifs is 1. The second-order valence-corrected chi connectivity index (χ2v) is 7.23. The van der Waals surface area contributed by atoms with Crippen LogP contribution < -0.4 is 5.32 Å². The minimum atomic E-state index is -0.168. The lowest BCUT2D eigenvalue weighted by molar-refractivity contribution is -0.0255. The number of rotatable bonds is 4. The minimum Gasteiger partial charge on any atom is -0.381 e. The van der Waals surface area contributed by atoms with Crippen LogP contribution in [-0.4, -0.2) is 71.9 Å².